The number of halogens is 1. The molecule has 1 saturated heterocycles. The number of piperidine rings is 1. The van der Waals surface area contributed by atoms with E-state index in [0.717, 1.165) is 42.6 Å². The van der Waals surface area contributed by atoms with E-state index in [-0.39, 0.29) is 5.92 Å². The van der Waals surface area contributed by atoms with Crippen LogP contribution < -0.4 is 4.74 Å². The Hall–Kier alpha value is -1.88. The third-order valence-electron chi connectivity index (χ3n) is 5.65. The highest BCUT2D eigenvalue weighted by Gasteiger charge is 2.45. The fourth-order valence-corrected chi connectivity index (χ4v) is 4.35. The number of ether oxygens (including phenoxy) is 1. The Balaban J connectivity index is 1.94. The van der Waals surface area contributed by atoms with Gasteiger partial charge in [0.1, 0.15) is 5.60 Å². The molecule has 1 aliphatic carbocycles. The summed E-state index contributed by atoms with van der Waals surface area (Å²) in [6.07, 6.45) is 5.84. The summed E-state index contributed by atoms with van der Waals surface area (Å²) in [5.74, 6) is 0.595. The Labute approximate surface area is 159 Å². The van der Waals surface area contributed by atoms with Crippen molar-refractivity contribution in [2.45, 2.75) is 18.4 Å². The van der Waals surface area contributed by atoms with E-state index in [0.29, 0.717) is 16.6 Å². The molecule has 1 unspecified atom stereocenters. The van der Waals surface area contributed by atoms with Crippen LogP contribution in [0.1, 0.15) is 35.2 Å². The van der Waals surface area contributed by atoms with Gasteiger partial charge >= 0.3 is 0 Å². The normalized spacial score (nSPS) is 23.2. The molecule has 1 N–H and O–H groups in total. The van der Waals surface area contributed by atoms with Gasteiger partial charge in [-0.05, 0) is 67.9 Å². The van der Waals surface area contributed by atoms with E-state index in [1.165, 1.54) is 0 Å². The van der Waals surface area contributed by atoms with Crippen LogP contribution in [0.2, 0.25) is 5.02 Å². The lowest BCUT2D eigenvalue weighted by Crippen LogP contribution is -2.44. The second-order valence-electron chi connectivity index (χ2n) is 7.20. The summed E-state index contributed by atoms with van der Waals surface area (Å²) in [7, 11) is 3.72. The molecule has 2 heterocycles. The Bertz CT molecular complexity index is 859. The minimum absolute atomic E-state index is 0.0804. The van der Waals surface area contributed by atoms with Crippen molar-refractivity contribution in [3.8, 4) is 5.88 Å². The van der Waals surface area contributed by atoms with Crippen LogP contribution in [0.5, 0.6) is 5.88 Å². The lowest BCUT2D eigenvalue weighted by Gasteiger charge is -2.41. The number of aromatic nitrogens is 1. The zero-order chi connectivity index (χ0) is 18.3. The maximum absolute atomic E-state index is 12.2. The number of rotatable bonds is 2. The van der Waals surface area contributed by atoms with Crippen LogP contribution in [0.25, 0.3) is 12.2 Å². The van der Waals surface area contributed by atoms with Crippen molar-refractivity contribution in [2.75, 3.05) is 27.2 Å². The van der Waals surface area contributed by atoms with Gasteiger partial charge in [-0.3, -0.25) is 0 Å². The van der Waals surface area contributed by atoms with Crippen molar-refractivity contribution in [1.29, 1.82) is 0 Å². The standard InChI is InChI=1S/C21H23ClN2O2/c1-24-11-9-16(10-12-24)21(25)18-7-6-17(22)13-15(18)4-3-14-5-8-19(26-2)23-20(14)21/h3-8,13,16,25H,9-12H2,1-2H3. The number of pyridine rings is 1. The highest BCUT2D eigenvalue weighted by Crippen LogP contribution is 2.46. The Morgan fingerprint density at radius 3 is 2.62 bits per heavy atom. The predicted octanol–water partition coefficient (Wildman–Crippen LogP) is 3.81. The number of fused-ring (bicyclic) bond motifs is 2. The summed E-state index contributed by atoms with van der Waals surface area (Å²) in [5, 5.41) is 12.8. The maximum Gasteiger partial charge on any atom is 0.213 e. The van der Waals surface area contributed by atoms with Crippen LogP contribution in [-0.2, 0) is 5.60 Å². The van der Waals surface area contributed by atoms with Crippen LogP contribution in [0, 0.1) is 5.92 Å². The first kappa shape index (κ1) is 17.5. The number of methoxy groups -OCH3 is 1. The molecule has 0 bridgehead atoms. The number of aliphatic hydroxyl groups is 1. The topological polar surface area (TPSA) is 45.6 Å². The van der Waals surface area contributed by atoms with Gasteiger partial charge < -0.3 is 14.7 Å². The van der Waals surface area contributed by atoms with Gasteiger partial charge in [0.15, 0.2) is 0 Å². The quantitative estimate of drug-likeness (QED) is 0.873. The minimum Gasteiger partial charge on any atom is -0.481 e. The Kier molecular flexibility index (Phi) is 4.51. The molecule has 1 atom stereocenters. The summed E-state index contributed by atoms with van der Waals surface area (Å²) in [4.78, 5) is 6.99. The molecule has 1 aliphatic heterocycles. The molecule has 0 radical (unpaired) electrons. The van der Waals surface area contributed by atoms with Crippen LogP contribution in [0.3, 0.4) is 0 Å². The van der Waals surface area contributed by atoms with E-state index in [1.54, 1.807) is 7.11 Å². The molecule has 1 aromatic heterocycles. The summed E-state index contributed by atoms with van der Waals surface area (Å²) < 4.78 is 5.35. The zero-order valence-corrected chi connectivity index (χ0v) is 15.8. The third-order valence-corrected chi connectivity index (χ3v) is 5.88. The van der Waals surface area contributed by atoms with E-state index in [2.05, 4.69) is 11.9 Å². The van der Waals surface area contributed by atoms with E-state index in [4.69, 9.17) is 21.3 Å². The SMILES string of the molecule is COc1ccc2c(n1)C(O)(C1CCN(C)CC1)c1ccc(Cl)cc1C=C2. The van der Waals surface area contributed by atoms with E-state index >= 15 is 0 Å². The molecular weight excluding hydrogens is 348 g/mol. The molecule has 2 aliphatic rings. The van der Waals surface area contributed by atoms with Crippen molar-refractivity contribution in [1.82, 2.24) is 9.88 Å². The van der Waals surface area contributed by atoms with Crippen molar-refractivity contribution in [3.05, 3.63) is 57.7 Å². The number of nitrogens with zero attached hydrogens (tertiary/aromatic N) is 2. The average molecular weight is 371 g/mol. The van der Waals surface area contributed by atoms with Gasteiger partial charge in [-0.15, -0.1) is 0 Å². The number of likely N-dealkylation sites (tertiary alicyclic amines) is 1. The van der Waals surface area contributed by atoms with Gasteiger partial charge in [0, 0.05) is 17.0 Å². The van der Waals surface area contributed by atoms with Gasteiger partial charge in [-0.2, -0.15) is 0 Å². The zero-order valence-electron chi connectivity index (χ0n) is 15.1. The molecule has 5 heteroatoms. The van der Waals surface area contributed by atoms with Gasteiger partial charge in [0.05, 0.1) is 12.8 Å². The molecule has 4 rings (SSSR count). The summed E-state index contributed by atoms with van der Waals surface area (Å²) in [5.41, 5.74) is 2.22. The monoisotopic (exact) mass is 370 g/mol. The van der Waals surface area contributed by atoms with Gasteiger partial charge in [-0.1, -0.05) is 29.8 Å². The second kappa shape index (κ2) is 6.69. The lowest BCUT2D eigenvalue weighted by molar-refractivity contribution is -0.0148. The average Bonchev–Trinajstić information content (AvgIpc) is 2.77. The number of benzene rings is 1. The van der Waals surface area contributed by atoms with Crippen LogP contribution in [0.4, 0.5) is 0 Å². The lowest BCUT2D eigenvalue weighted by atomic mass is 9.72. The fraction of sp³-hybridized carbons (Fsp3) is 0.381. The molecule has 136 valence electrons. The molecule has 0 saturated carbocycles. The Morgan fingerprint density at radius 2 is 1.88 bits per heavy atom. The largest absolute Gasteiger partial charge is 0.481 e. The first-order valence-electron chi connectivity index (χ1n) is 8.97. The molecule has 4 nitrogen and oxygen atoms in total. The Morgan fingerprint density at radius 1 is 1.15 bits per heavy atom. The van der Waals surface area contributed by atoms with E-state index in [9.17, 15) is 5.11 Å². The number of hydrogen-bond acceptors (Lipinski definition) is 4. The fourth-order valence-electron chi connectivity index (χ4n) is 4.17. The molecule has 26 heavy (non-hydrogen) atoms. The highest BCUT2D eigenvalue weighted by molar-refractivity contribution is 6.30. The summed E-state index contributed by atoms with van der Waals surface area (Å²) in [6.45, 7) is 1.92. The van der Waals surface area contributed by atoms with Crippen molar-refractivity contribution in [3.63, 3.8) is 0 Å². The number of hydrogen-bond donors (Lipinski definition) is 1. The van der Waals surface area contributed by atoms with Crippen molar-refractivity contribution < 1.29 is 9.84 Å². The summed E-state index contributed by atoms with van der Waals surface area (Å²) in [6, 6.07) is 9.50. The second-order valence-corrected chi connectivity index (χ2v) is 7.64. The molecule has 1 aromatic carbocycles. The molecule has 2 aromatic rings. The smallest absolute Gasteiger partial charge is 0.213 e. The first-order chi connectivity index (χ1) is 12.5. The first-order valence-corrected chi connectivity index (χ1v) is 9.34. The summed E-state index contributed by atoms with van der Waals surface area (Å²) >= 11 is 6.23. The minimum atomic E-state index is -1.17. The van der Waals surface area contributed by atoms with Gasteiger partial charge in [0.2, 0.25) is 5.88 Å². The van der Waals surface area contributed by atoms with E-state index < -0.39 is 5.60 Å². The van der Waals surface area contributed by atoms with Gasteiger partial charge in [0.25, 0.3) is 0 Å². The van der Waals surface area contributed by atoms with Crippen molar-refractivity contribution in [2.24, 2.45) is 5.92 Å². The molecular formula is C21H23ClN2O2. The van der Waals surface area contributed by atoms with Crippen LogP contribution >= 0.6 is 11.6 Å². The third kappa shape index (κ3) is 2.82. The van der Waals surface area contributed by atoms with Gasteiger partial charge in [-0.25, -0.2) is 4.98 Å². The van der Waals surface area contributed by atoms with Crippen molar-refractivity contribution >= 4 is 23.8 Å². The predicted molar refractivity (Wildman–Crippen MR) is 104 cm³/mol. The van der Waals surface area contributed by atoms with E-state index in [1.807, 2.05) is 42.5 Å². The maximum atomic E-state index is 12.2. The molecule has 0 spiro atoms. The highest BCUT2D eigenvalue weighted by atomic mass is 35.5. The molecule has 0 amide bonds. The molecule has 1 fully saturated rings. The van der Waals surface area contributed by atoms with Crippen LogP contribution in [-0.4, -0.2) is 42.2 Å². The van der Waals surface area contributed by atoms with Crippen LogP contribution in [0.15, 0.2) is 30.3 Å².